The number of nitrogens with two attached hydrogens (primary N) is 1. The molecule has 0 aliphatic rings. The summed E-state index contributed by atoms with van der Waals surface area (Å²) in [5, 5.41) is 1.78. The van der Waals surface area contributed by atoms with Crippen molar-refractivity contribution in [2.45, 2.75) is 19.8 Å². The lowest BCUT2D eigenvalue weighted by Crippen LogP contribution is -1.88. The number of halogens is 2. The minimum Gasteiger partial charge on any atom is -0.375 e. The lowest BCUT2D eigenvalue weighted by atomic mass is 10.1. The largest absolute Gasteiger partial charge is 0.375 e. The fourth-order valence-corrected chi connectivity index (χ4v) is 3.02. The summed E-state index contributed by atoms with van der Waals surface area (Å²) in [4.78, 5) is 5.52. The second kappa shape index (κ2) is 4.84. The minimum absolute atomic E-state index is 0.373. The van der Waals surface area contributed by atoms with E-state index in [1.807, 2.05) is 12.1 Å². The van der Waals surface area contributed by atoms with Crippen LogP contribution in [0.1, 0.15) is 24.6 Å². The Hall–Kier alpha value is -0.770. The van der Waals surface area contributed by atoms with Gasteiger partial charge in [0.2, 0.25) is 0 Å². The Morgan fingerprint density at radius 3 is 2.29 bits per heavy atom. The maximum Gasteiger partial charge on any atom is 0.180 e. The highest BCUT2D eigenvalue weighted by Crippen LogP contribution is 2.36. The summed E-state index contributed by atoms with van der Waals surface area (Å²) >= 11 is 13.5. The van der Waals surface area contributed by atoms with Gasteiger partial charge in [0.1, 0.15) is 0 Å². The maximum absolute atomic E-state index is 6.00. The quantitative estimate of drug-likeness (QED) is 0.859. The van der Waals surface area contributed by atoms with Crippen LogP contribution in [0.15, 0.2) is 18.2 Å². The van der Waals surface area contributed by atoms with Crippen LogP contribution < -0.4 is 5.73 Å². The zero-order valence-electron chi connectivity index (χ0n) is 9.50. The molecule has 0 spiro atoms. The third-order valence-corrected chi connectivity index (χ3v) is 3.95. The van der Waals surface area contributed by atoms with Crippen molar-refractivity contribution in [1.29, 1.82) is 0 Å². The summed E-state index contributed by atoms with van der Waals surface area (Å²) < 4.78 is 0. The molecule has 17 heavy (non-hydrogen) atoms. The monoisotopic (exact) mass is 286 g/mol. The Morgan fingerprint density at radius 1 is 1.18 bits per heavy atom. The van der Waals surface area contributed by atoms with Crippen LogP contribution in [0.3, 0.4) is 0 Å². The zero-order valence-corrected chi connectivity index (χ0v) is 11.8. The summed E-state index contributed by atoms with van der Waals surface area (Å²) in [6.45, 7) is 4.23. The van der Waals surface area contributed by atoms with Crippen molar-refractivity contribution in [3.05, 3.63) is 33.1 Å². The molecule has 0 amide bonds. The van der Waals surface area contributed by atoms with Crippen molar-refractivity contribution in [2.75, 3.05) is 5.73 Å². The standard InChI is InChI=1S/C12H12Cl2N2S/c1-6(2)11-10(16-12(15)17-11)7-3-8(13)5-9(14)4-7/h3-6H,1-2H3,(H2,15,16). The molecule has 1 aromatic heterocycles. The molecule has 90 valence electrons. The van der Waals surface area contributed by atoms with Gasteiger partial charge in [-0.25, -0.2) is 4.98 Å². The molecule has 2 N–H and O–H groups in total. The first-order chi connectivity index (χ1) is 7.97. The topological polar surface area (TPSA) is 38.9 Å². The van der Waals surface area contributed by atoms with Crippen LogP contribution in [0, 0.1) is 0 Å². The fraction of sp³-hybridized carbons (Fsp3) is 0.250. The van der Waals surface area contributed by atoms with Crippen LogP contribution in [-0.4, -0.2) is 4.98 Å². The molecule has 5 heteroatoms. The van der Waals surface area contributed by atoms with Gasteiger partial charge in [-0.05, 0) is 24.1 Å². The summed E-state index contributed by atoms with van der Waals surface area (Å²) in [5.74, 6) is 0.373. The SMILES string of the molecule is CC(C)c1sc(N)nc1-c1cc(Cl)cc(Cl)c1. The third-order valence-electron chi connectivity index (χ3n) is 2.33. The predicted octanol–water partition coefficient (Wildman–Crippen LogP) is 4.82. The van der Waals surface area contributed by atoms with Crippen molar-refractivity contribution >= 4 is 39.7 Å². The van der Waals surface area contributed by atoms with Crippen LogP contribution in [0.5, 0.6) is 0 Å². The van der Waals surface area contributed by atoms with Crippen LogP contribution in [0.4, 0.5) is 5.13 Å². The molecule has 2 rings (SSSR count). The van der Waals surface area contributed by atoms with Gasteiger partial charge in [0, 0.05) is 20.5 Å². The van der Waals surface area contributed by atoms with Crippen molar-refractivity contribution in [2.24, 2.45) is 0 Å². The molecule has 0 fully saturated rings. The lowest BCUT2D eigenvalue weighted by molar-refractivity contribution is 0.888. The molecular weight excluding hydrogens is 275 g/mol. The van der Waals surface area contributed by atoms with E-state index in [9.17, 15) is 0 Å². The van der Waals surface area contributed by atoms with Gasteiger partial charge < -0.3 is 5.73 Å². The summed E-state index contributed by atoms with van der Waals surface area (Å²) in [5.41, 5.74) is 7.57. The number of hydrogen-bond donors (Lipinski definition) is 1. The van der Waals surface area contributed by atoms with E-state index in [1.165, 1.54) is 11.3 Å². The summed E-state index contributed by atoms with van der Waals surface area (Å²) in [7, 11) is 0. The summed E-state index contributed by atoms with van der Waals surface area (Å²) in [6, 6.07) is 5.42. The molecule has 0 unspecified atom stereocenters. The highest BCUT2D eigenvalue weighted by atomic mass is 35.5. The normalized spacial score (nSPS) is 11.1. The van der Waals surface area contributed by atoms with Crippen LogP contribution in [0.2, 0.25) is 10.0 Å². The average molecular weight is 287 g/mol. The molecule has 0 aliphatic heterocycles. The van der Waals surface area contributed by atoms with Gasteiger partial charge in [-0.15, -0.1) is 11.3 Å². The van der Waals surface area contributed by atoms with E-state index < -0.39 is 0 Å². The Labute approximate surface area is 114 Å². The Morgan fingerprint density at radius 2 is 1.76 bits per heavy atom. The van der Waals surface area contributed by atoms with Gasteiger partial charge in [0.25, 0.3) is 0 Å². The number of aromatic nitrogens is 1. The van der Waals surface area contributed by atoms with Gasteiger partial charge in [0.15, 0.2) is 5.13 Å². The fourth-order valence-electron chi connectivity index (χ4n) is 1.64. The molecule has 0 aliphatic carbocycles. The molecule has 0 atom stereocenters. The molecule has 0 radical (unpaired) electrons. The predicted molar refractivity (Wildman–Crippen MR) is 76.1 cm³/mol. The first-order valence-electron chi connectivity index (χ1n) is 5.20. The van der Waals surface area contributed by atoms with E-state index in [0.717, 1.165) is 16.1 Å². The van der Waals surface area contributed by atoms with Gasteiger partial charge in [-0.2, -0.15) is 0 Å². The summed E-state index contributed by atoms with van der Waals surface area (Å²) in [6.07, 6.45) is 0. The molecule has 0 saturated heterocycles. The number of nitrogens with zero attached hydrogens (tertiary/aromatic N) is 1. The number of benzene rings is 1. The van der Waals surface area contributed by atoms with E-state index in [1.54, 1.807) is 6.07 Å². The molecule has 0 saturated carbocycles. The highest BCUT2D eigenvalue weighted by molar-refractivity contribution is 7.15. The van der Waals surface area contributed by atoms with Gasteiger partial charge in [-0.3, -0.25) is 0 Å². The van der Waals surface area contributed by atoms with Crippen LogP contribution >= 0.6 is 34.5 Å². The Kier molecular flexibility index (Phi) is 3.61. The van der Waals surface area contributed by atoms with E-state index in [4.69, 9.17) is 28.9 Å². The second-order valence-electron chi connectivity index (χ2n) is 4.08. The van der Waals surface area contributed by atoms with E-state index in [2.05, 4.69) is 18.8 Å². The van der Waals surface area contributed by atoms with Crippen molar-refractivity contribution in [3.8, 4) is 11.3 Å². The lowest BCUT2D eigenvalue weighted by Gasteiger charge is -2.06. The third kappa shape index (κ3) is 2.73. The van der Waals surface area contributed by atoms with E-state index >= 15 is 0 Å². The first kappa shape index (κ1) is 12.7. The number of nitrogen functional groups attached to an aromatic ring is 1. The van der Waals surface area contributed by atoms with Crippen molar-refractivity contribution in [3.63, 3.8) is 0 Å². The molecular formula is C12H12Cl2N2S. The average Bonchev–Trinajstić information content (AvgIpc) is 2.59. The minimum atomic E-state index is 0.373. The van der Waals surface area contributed by atoms with Crippen molar-refractivity contribution in [1.82, 2.24) is 4.98 Å². The van der Waals surface area contributed by atoms with Gasteiger partial charge in [0.05, 0.1) is 5.69 Å². The molecule has 0 bridgehead atoms. The van der Waals surface area contributed by atoms with E-state index in [0.29, 0.717) is 21.1 Å². The Balaban J connectivity index is 2.59. The number of rotatable bonds is 2. The Bertz CT molecular complexity index is 529. The molecule has 2 nitrogen and oxygen atoms in total. The number of thiazole rings is 1. The second-order valence-corrected chi connectivity index (χ2v) is 6.01. The van der Waals surface area contributed by atoms with Gasteiger partial charge >= 0.3 is 0 Å². The number of anilines is 1. The van der Waals surface area contributed by atoms with E-state index in [-0.39, 0.29) is 0 Å². The van der Waals surface area contributed by atoms with Crippen molar-refractivity contribution < 1.29 is 0 Å². The first-order valence-corrected chi connectivity index (χ1v) is 6.77. The molecule has 1 aromatic carbocycles. The van der Waals surface area contributed by atoms with Crippen LogP contribution in [0.25, 0.3) is 11.3 Å². The smallest absolute Gasteiger partial charge is 0.180 e. The highest BCUT2D eigenvalue weighted by Gasteiger charge is 2.15. The van der Waals surface area contributed by atoms with Crippen LogP contribution in [-0.2, 0) is 0 Å². The maximum atomic E-state index is 6.00. The number of hydrogen-bond acceptors (Lipinski definition) is 3. The van der Waals surface area contributed by atoms with Gasteiger partial charge in [-0.1, -0.05) is 37.0 Å². The zero-order chi connectivity index (χ0) is 12.6. The molecule has 1 heterocycles. The molecule has 2 aromatic rings.